The number of esters is 1. The highest BCUT2D eigenvalue weighted by atomic mass is 16.5. The number of nitrogens with one attached hydrogen (secondary N) is 1. The number of carbonyl (C=O) groups excluding carboxylic acids is 2. The molecule has 0 spiro atoms. The maximum Gasteiger partial charge on any atom is 0.319 e. The Balaban J connectivity index is 1.78. The van der Waals surface area contributed by atoms with E-state index in [0.717, 1.165) is 11.1 Å². The second kappa shape index (κ2) is 7.06. The van der Waals surface area contributed by atoms with Gasteiger partial charge in [0.15, 0.2) is 0 Å². The van der Waals surface area contributed by atoms with Crippen LogP contribution in [0.5, 0.6) is 11.5 Å². The van der Waals surface area contributed by atoms with E-state index in [4.69, 9.17) is 4.74 Å². The molecule has 5 heteroatoms. The molecule has 2 unspecified atom stereocenters. The number of ether oxygens (including phenoxy) is 1. The lowest BCUT2D eigenvalue weighted by molar-refractivity contribution is -0.137. The summed E-state index contributed by atoms with van der Waals surface area (Å²) in [6, 6.07) is 12.2. The van der Waals surface area contributed by atoms with Gasteiger partial charge in [-0.25, -0.2) is 0 Å². The van der Waals surface area contributed by atoms with Gasteiger partial charge in [-0.05, 0) is 34.7 Å². The predicted molar refractivity (Wildman–Crippen MR) is 104 cm³/mol. The summed E-state index contributed by atoms with van der Waals surface area (Å²) in [6.07, 6.45) is 0.435. The molecule has 2 aromatic carbocycles. The van der Waals surface area contributed by atoms with Crippen LogP contribution in [-0.2, 0) is 9.59 Å². The molecule has 0 aromatic heterocycles. The van der Waals surface area contributed by atoms with E-state index in [0.29, 0.717) is 17.9 Å². The van der Waals surface area contributed by atoms with Crippen LogP contribution in [0.3, 0.4) is 0 Å². The van der Waals surface area contributed by atoms with Crippen molar-refractivity contribution >= 4 is 17.6 Å². The molecule has 27 heavy (non-hydrogen) atoms. The average Bonchev–Trinajstić information content (AvgIpc) is 2.54. The van der Waals surface area contributed by atoms with Gasteiger partial charge in [0.25, 0.3) is 0 Å². The number of phenolic OH excluding ortho intramolecular Hbond substituents is 1. The van der Waals surface area contributed by atoms with Crippen LogP contribution < -0.4 is 10.1 Å². The Bertz CT molecular complexity index is 865. The van der Waals surface area contributed by atoms with Crippen LogP contribution in [0.2, 0.25) is 0 Å². The van der Waals surface area contributed by atoms with Crippen molar-refractivity contribution in [1.82, 2.24) is 0 Å². The molecule has 142 valence electrons. The van der Waals surface area contributed by atoms with E-state index in [1.807, 2.05) is 52.0 Å². The first kappa shape index (κ1) is 19.0. The summed E-state index contributed by atoms with van der Waals surface area (Å²) in [5, 5.41) is 12.5. The first-order valence-electron chi connectivity index (χ1n) is 9.08. The quantitative estimate of drug-likeness (QED) is 0.615. The molecule has 3 rings (SSSR count). The first-order valence-corrected chi connectivity index (χ1v) is 9.08. The number of benzene rings is 2. The molecule has 2 N–H and O–H groups in total. The summed E-state index contributed by atoms with van der Waals surface area (Å²) >= 11 is 0. The lowest BCUT2D eigenvalue weighted by Gasteiger charge is -2.30. The monoisotopic (exact) mass is 367 g/mol. The highest BCUT2D eigenvalue weighted by Gasteiger charge is 2.36. The standard InChI is InChI=1S/C22H25NO4/c1-13-17-10-9-16(24)11-18(17)27-21(26)20(13)14-5-7-15(8-6-14)23-19(25)12-22(2,3)4/h5-11,13,20,24H,12H2,1-4H3,(H,23,25). The van der Waals surface area contributed by atoms with Crippen LogP contribution in [0.4, 0.5) is 5.69 Å². The van der Waals surface area contributed by atoms with Crippen LogP contribution in [0, 0.1) is 5.41 Å². The smallest absolute Gasteiger partial charge is 0.319 e. The van der Waals surface area contributed by atoms with Gasteiger partial charge in [-0.15, -0.1) is 0 Å². The normalized spacial score (nSPS) is 19.2. The first-order chi connectivity index (χ1) is 12.6. The number of hydrogen-bond acceptors (Lipinski definition) is 4. The van der Waals surface area contributed by atoms with Gasteiger partial charge < -0.3 is 15.2 Å². The Hall–Kier alpha value is -2.82. The number of rotatable bonds is 3. The van der Waals surface area contributed by atoms with Crippen LogP contribution in [0.1, 0.15) is 57.1 Å². The van der Waals surface area contributed by atoms with Crippen molar-refractivity contribution < 1.29 is 19.4 Å². The highest BCUT2D eigenvalue weighted by Crippen LogP contribution is 2.43. The van der Waals surface area contributed by atoms with Gasteiger partial charge >= 0.3 is 5.97 Å². The highest BCUT2D eigenvalue weighted by molar-refractivity contribution is 5.91. The van der Waals surface area contributed by atoms with E-state index < -0.39 is 5.92 Å². The fourth-order valence-electron chi connectivity index (χ4n) is 3.43. The molecule has 0 bridgehead atoms. The summed E-state index contributed by atoms with van der Waals surface area (Å²) in [6.45, 7) is 8.02. The summed E-state index contributed by atoms with van der Waals surface area (Å²) in [5.74, 6) is -0.401. The molecule has 0 fully saturated rings. The fraction of sp³-hybridized carbons (Fsp3) is 0.364. The predicted octanol–water partition coefficient (Wildman–Crippen LogP) is 4.57. The van der Waals surface area contributed by atoms with Gasteiger partial charge in [0, 0.05) is 24.1 Å². The Labute approximate surface area is 159 Å². The minimum absolute atomic E-state index is 0.0329. The van der Waals surface area contributed by atoms with Crippen molar-refractivity contribution in [3.63, 3.8) is 0 Å². The van der Waals surface area contributed by atoms with Crippen molar-refractivity contribution in [2.24, 2.45) is 5.41 Å². The van der Waals surface area contributed by atoms with Crippen LogP contribution in [0.25, 0.3) is 0 Å². The minimum Gasteiger partial charge on any atom is -0.508 e. The van der Waals surface area contributed by atoms with Crippen molar-refractivity contribution in [1.29, 1.82) is 0 Å². The molecule has 1 aliphatic rings. The van der Waals surface area contributed by atoms with Crippen molar-refractivity contribution in [3.8, 4) is 11.5 Å². The van der Waals surface area contributed by atoms with Crippen LogP contribution in [-0.4, -0.2) is 17.0 Å². The average molecular weight is 367 g/mol. The number of carbonyl (C=O) groups is 2. The van der Waals surface area contributed by atoms with Crippen molar-refractivity contribution in [2.45, 2.75) is 46.0 Å². The molecule has 2 aromatic rings. The second-order valence-electron chi connectivity index (χ2n) is 8.32. The molecule has 0 aliphatic carbocycles. The Kier molecular flexibility index (Phi) is 4.96. The maximum atomic E-state index is 12.5. The number of fused-ring (bicyclic) bond motifs is 1. The summed E-state index contributed by atoms with van der Waals surface area (Å²) < 4.78 is 5.43. The summed E-state index contributed by atoms with van der Waals surface area (Å²) in [7, 11) is 0. The zero-order valence-electron chi connectivity index (χ0n) is 16.1. The molecule has 0 saturated heterocycles. The van der Waals surface area contributed by atoms with E-state index in [9.17, 15) is 14.7 Å². The fourth-order valence-corrected chi connectivity index (χ4v) is 3.43. The lowest BCUT2D eigenvalue weighted by Crippen LogP contribution is -2.28. The van der Waals surface area contributed by atoms with Gasteiger partial charge in [-0.2, -0.15) is 0 Å². The number of phenols is 1. The van der Waals surface area contributed by atoms with E-state index in [1.165, 1.54) is 6.07 Å². The Morgan fingerprint density at radius 1 is 1.15 bits per heavy atom. The van der Waals surface area contributed by atoms with Crippen LogP contribution >= 0.6 is 0 Å². The topological polar surface area (TPSA) is 75.6 Å². The largest absolute Gasteiger partial charge is 0.508 e. The van der Waals surface area contributed by atoms with Gasteiger partial charge in [0.05, 0.1) is 5.92 Å². The van der Waals surface area contributed by atoms with E-state index in [2.05, 4.69) is 5.32 Å². The maximum absolute atomic E-state index is 12.5. The minimum atomic E-state index is -0.429. The number of anilines is 1. The van der Waals surface area contributed by atoms with Crippen LogP contribution in [0.15, 0.2) is 42.5 Å². The Morgan fingerprint density at radius 3 is 2.44 bits per heavy atom. The molecule has 1 amide bonds. The molecule has 5 nitrogen and oxygen atoms in total. The number of aromatic hydroxyl groups is 1. The molecular weight excluding hydrogens is 342 g/mol. The summed E-state index contributed by atoms with van der Waals surface area (Å²) in [5.41, 5.74) is 2.35. The number of hydrogen-bond donors (Lipinski definition) is 2. The van der Waals surface area contributed by atoms with E-state index in [-0.39, 0.29) is 29.0 Å². The van der Waals surface area contributed by atoms with Gasteiger partial charge in [-0.3, -0.25) is 9.59 Å². The lowest BCUT2D eigenvalue weighted by atomic mass is 9.80. The third-order valence-electron chi connectivity index (χ3n) is 4.70. The third-order valence-corrected chi connectivity index (χ3v) is 4.70. The molecule has 2 atom stereocenters. The second-order valence-corrected chi connectivity index (χ2v) is 8.32. The van der Waals surface area contributed by atoms with E-state index in [1.54, 1.807) is 12.1 Å². The molecule has 1 aliphatic heterocycles. The zero-order valence-corrected chi connectivity index (χ0v) is 16.1. The van der Waals surface area contributed by atoms with Gasteiger partial charge in [0.1, 0.15) is 11.5 Å². The molecule has 0 saturated carbocycles. The third kappa shape index (κ3) is 4.30. The SMILES string of the molecule is CC1c2ccc(O)cc2OC(=O)C1c1ccc(NC(=O)CC(C)(C)C)cc1. The van der Waals surface area contributed by atoms with Gasteiger partial charge in [0.2, 0.25) is 5.91 Å². The van der Waals surface area contributed by atoms with Crippen molar-refractivity contribution in [2.75, 3.05) is 5.32 Å². The van der Waals surface area contributed by atoms with Gasteiger partial charge in [-0.1, -0.05) is 45.9 Å². The van der Waals surface area contributed by atoms with Crippen molar-refractivity contribution in [3.05, 3.63) is 53.6 Å². The molecular formula is C22H25NO4. The number of amides is 1. The molecule has 1 heterocycles. The Morgan fingerprint density at radius 2 is 1.81 bits per heavy atom. The summed E-state index contributed by atoms with van der Waals surface area (Å²) in [4.78, 5) is 24.6. The zero-order chi connectivity index (χ0) is 19.8. The van der Waals surface area contributed by atoms with E-state index >= 15 is 0 Å². The molecule has 0 radical (unpaired) electrons.